The van der Waals surface area contributed by atoms with E-state index in [0.29, 0.717) is 6.54 Å². The molecule has 0 radical (unpaired) electrons. The summed E-state index contributed by atoms with van der Waals surface area (Å²) in [5.41, 5.74) is 2.48. The van der Waals surface area contributed by atoms with Crippen LogP contribution in [0.1, 0.15) is 25.1 Å². The summed E-state index contributed by atoms with van der Waals surface area (Å²) in [7, 11) is 0. The number of aliphatic carboxylic acids is 1. The van der Waals surface area contributed by atoms with Crippen LogP contribution in [0.3, 0.4) is 0 Å². The van der Waals surface area contributed by atoms with Crippen LogP contribution in [0.2, 0.25) is 0 Å². The summed E-state index contributed by atoms with van der Waals surface area (Å²) in [6.45, 7) is 7.12. The quantitative estimate of drug-likeness (QED) is 0.776. The first kappa shape index (κ1) is 22.9. The molecule has 3 rings (SSSR count). The van der Waals surface area contributed by atoms with Gasteiger partial charge in [-0.25, -0.2) is 4.79 Å². The molecule has 1 amide bonds. The van der Waals surface area contributed by atoms with Gasteiger partial charge in [0.25, 0.3) is 0 Å². The lowest BCUT2D eigenvalue weighted by Crippen LogP contribution is -2.41. The monoisotopic (exact) mass is 432 g/mol. The van der Waals surface area contributed by atoms with E-state index in [1.54, 1.807) is 11.3 Å². The van der Waals surface area contributed by atoms with Gasteiger partial charge in [0, 0.05) is 31.9 Å². The van der Waals surface area contributed by atoms with Crippen molar-refractivity contribution in [1.29, 1.82) is 0 Å². The number of halogens is 3. The third kappa shape index (κ3) is 7.17. The fourth-order valence-corrected chi connectivity index (χ4v) is 3.52. The molecule has 1 aliphatic rings. The highest BCUT2D eigenvalue weighted by atomic mass is 32.1. The highest BCUT2D eigenvalue weighted by Gasteiger charge is 2.38. The summed E-state index contributed by atoms with van der Waals surface area (Å²) in [6, 6.07) is 4.36. The van der Waals surface area contributed by atoms with Gasteiger partial charge in [-0.3, -0.25) is 14.4 Å². The fourth-order valence-electron chi connectivity index (χ4n) is 2.86. The summed E-state index contributed by atoms with van der Waals surface area (Å²) in [5.74, 6) is -2.71. The molecule has 7 nitrogen and oxygen atoms in total. The lowest BCUT2D eigenvalue weighted by Gasteiger charge is -2.23. The molecule has 3 heterocycles. The van der Waals surface area contributed by atoms with E-state index in [0.717, 1.165) is 19.6 Å². The van der Waals surface area contributed by atoms with Gasteiger partial charge < -0.3 is 10.4 Å². The summed E-state index contributed by atoms with van der Waals surface area (Å²) < 4.78 is 33.7. The Bertz CT molecular complexity index is 806. The van der Waals surface area contributed by atoms with Crippen molar-refractivity contribution in [2.24, 2.45) is 5.92 Å². The van der Waals surface area contributed by atoms with E-state index in [4.69, 9.17) is 9.90 Å². The van der Waals surface area contributed by atoms with Crippen molar-refractivity contribution in [3.8, 4) is 0 Å². The fraction of sp³-hybridized carbons (Fsp3) is 0.500. The van der Waals surface area contributed by atoms with Crippen LogP contribution < -0.4 is 5.32 Å². The predicted octanol–water partition coefficient (Wildman–Crippen LogP) is 2.73. The predicted molar refractivity (Wildman–Crippen MR) is 101 cm³/mol. The van der Waals surface area contributed by atoms with Crippen molar-refractivity contribution in [3.05, 3.63) is 40.3 Å². The van der Waals surface area contributed by atoms with Crippen molar-refractivity contribution < 1.29 is 27.9 Å². The van der Waals surface area contributed by atoms with Crippen LogP contribution in [0.25, 0.3) is 0 Å². The summed E-state index contributed by atoms with van der Waals surface area (Å²) >= 11 is 1.71. The van der Waals surface area contributed by atoms with Crippen LogP contribution in [0, 0.1) is 5.92 Å². The van der Waals surface area contributed by atoms with Crippen molar-refractivity contribution in [2.45, 2.75) is 45.7 Å². The molecule has 0 fully saturated rings. The number of carboxylic acids is 1. The minimum atomic E-state index is -5.08. The number of carbonyl (C=O) groups is 2. The molecule has 1 unspecified atom stereocenters. The number of carboxylic acid groups (broad SMARTS) is 1. The van der Waals surface area contributed by atoms with Gasteiger partial charge in [0.05, 0.1) is 18.2 Å². The number of carbonyl (C=O) groups excluding carboxylic acids is 1. The number of thiophene rings is 1. The van der Waals surface area contributed by atoms with E-state index in [1.807, 2.05) is 30.8 Å². The van der Waals surface area contributed by atoms with Gasteiger partial charge in [0.2, 0.25) is 5.91 Å². The third-order valence-corrected chi connectivity index (χ3v) is 4.82. The first-order valence-electron chi connectivity index (χ1n) is 8.91. The average molecular weight is 432 g/mol. The second-order valence-corrected chi connectivity index (χ2v) is 7.75. The van der Waals surface area contributed by atoms with Crippen LogP contribution in [-0.4, -0.2) is 50.4 Å². The second-order valence-electron chi connectivity index (χ2n) is 6.97. The molecule has 0 saturated carbocycles. The van der Waals surface area contributed by atoms with E-state index in [1.165, 1.54) is 11.3 Å². The highest BCUT2D eigenvalue weighted by Crippen LogP contribution is 2.19. The Kier molecular flexibility index (Phi) is 7.80. The number of alkyl halides is 3. The van der Waals surface area contributed by atoms with Crippen LogP contribution in [0.15, 0.2) is 29.1 Å². The second kappa shape index (κ2) is 9.88. The Morgan fingerprint density at radius 1 is 1.34 bits per heavy atom. The normalized spacial score (nSPS) is 17.1. The summed E-state index contributed by atoms with van der Waals surface area (Å²) in [4.78, 5) is 23.7. The van der Waals surface area contributed by atoms with Gasteiger partial charge >= 0.3 is 12.1 Å². The minimum absolute atomic E-state index is 0.0674. The molecule has 11 heteroatoms. The molecule has 0 aliphatic carbocycles. The first-order valence-corrected chi connectivity index (χ1v) is 9.85. The first-order chi connectivity index (χ1) is 13.6. The van der Waals surface area contributed by atoms with E-state index in [9.17, 15) is 18.0 Å². The minimum Gasteiger partial charge on any atom is -0.475 e. The molecule has 0 aromatic carbocycles. The van der Waals surface area contributed by atoms with E-state index in [2.05, 4.69) is 32.1 Å². The molecule has 1 atom stereocenters. The molecule has 0 saturated heterocycles. The molecule has 29 heavy (non-hydrogen) atoms. The maximum absolute atomic E-state index is 12.5. The van der Waals surface area contributed by atoms with Gasteiger partial charge in [-0.05, 0) is 42.3 Å². The zero-order chi connectivity index (χ0) is 21.6. The topological polar surface area (TPSA) is 87.5 Å². The van der Waals surface area contributed by atoms with Gasteiger partial charge in [-0.1, -0.05) is 0 Å². The SMILES string of the molecule is CC(C)NC(=O)C1CN(Cc2ccsc2)Cc2ccnn2C1.O=C(O)C(F)(F)F. The standard InChI is InChI=1S/C16H22N4OS.C2HF3O2/c1-12(2)18-16(21)14-8-19(7-13-4-6-22-11-13)10-15-3-5-17-20(15)9-14;3-2(4,5)1(6)7/h3-6,11-12,14H,7-10H2,1-2H3,(H,18,21);(H,6,7). The summed E-state index contributed by atoms with van der Waals surface area (Å²) in [6.07, 6.45) is -3.26. The highest BCUT2D eigenvalue weighted by molar-refractivity contribution is 7.07. The number of aromatic nitrogens is 2. The molecule has 0 bridgehead atoms. The Labute approximate surface area is 170 Å². The van der Waals surface area contributed by atoms with Gasteiger partial charge in [0.1, 0.15) is 0 Å². The maximum atomic E-state index is 12.5. The van der Waals surface area contributed by atoms with Gasteiger partial charge in [0.15, 0.2) is 0 Å². The smallest absolute Gasteiger partial charge is 0.475 e. The number of fused-ring (bicyclic) bond motifs is 1. The van der Waals surface area contributed by atoms with Gasteiger partial charge in [-0.15, -0.1) is 0 Å². The largest absolute Gasteiger partial charge is 0.490 e. The van der Waals surface area contributed by atoms with E-state index in [-0.39, 0.29) is 17.9 Å². The number of nitrogens with one attached hydrogen (secondary N) is 1. The van der Waals surface area contributed by atoms with Crippen molar-refractivity contribution >= 4 is 23.2 Å². The Morgan fingerprint density at radius 2 is 2.03 bits per heavy atom. The van der Waals surface area contributed by atoms with Crippen LogP contribution >= 0.6 is 11.3 Å². The van der Waals surface area contributed by atoms with E-state index < -0.39 is 12.1 Å². The van der Waals surface area contributed by atoms with Crippen LogP contribution in [0.5, 0.6) is 0 Å². The molecular weight excluding hydrogens is 409 g/mol. The average Bonchev–Trinajstić information content (AvgIpc) is 3.22. The third-order valence-electron chi connectivity index (χ3n) is 4.09. The van der Waals surface area contributed by atoms with Crippen LogP contribution in [0.4, 0.5) is 13.2 Å². The molecule has 1 aliphatic heterocycles. The van der Waals surface area contributed by atoms with Crippen molar-refractivity contribution in [1.82, 2.24) is 20.0 Å². The molecule has 2 N–H and O–H groups in total. The Hall–Kier alpha value is -2.40. The zero-order valence-electron chi connectivity index (χ0n) is 16.0. The van der Waals surface area contributed by atoms with E-state index >= 15 is 0 Å². The summed E-state index contributed by atoms with van der Waals surface area (Å²) in [5, 5.41) is 18.8. The van der Waals surface area contributed by atoms with Crippen LogP contribution in [-0.2, 0) is 29.2 Å². The Morgan fingerprint density at radius 3 is 2.59 bits per heavy atom. The number of rotatable bonds is 4. The maximum Gasteiger partial charge on any atom is 0.490 e. The number of hydrogen-bond donors (Lipinski definition) is 2. The number of amides is 1. The molecule has 2 aromatic rings. The molecular formula is C18H23F3N4O3S. The zero-order valence-corrected chi connectivity index (χ0v) is 16.8. The Balaban J connectivity index is 0.000000370. The molecule has 0 spiro atoms. The number of hydrogen-bond acceptors (Lipinski definition) is 5. The lowest BCUT2D eigenvalue weighted by molar-refractivity contribution is -0.192. The lowest BCUT2D eigenvalue weighted by atomic mass is 10.1. The van der Waals surface area contributed by atoms with Crippen molar-refractivity contribution in [2.75, 3.05) is 6.54 Å². The molecule has 2 aromatic heterocycles. The number of nitrogens with zero attached hydrogens (tertiary/aromatic N) is 3. The van der Waals surface area contributed by atoms with Gasteiger partial charge in [-0.2, -0.15) is 29.6 Å². The van der Waals surface area contributed by atoms with Crippen molar-refractivity contribution in [3.63, 3.8) is 0 Å². The molecule has 160 valence electrons.